The predicted molar refractivity (Wildman–Crippen MR) is 220 cm³/mol. The maximum absolute atomic E-state index is 6.68. The van der Waals surface area contributed by atoms with Gasteiger partial charge in [-0.05, 0) is 83.6 Å². The first kappa shape index (κ1) is 32.6. The minimum absolute atomic E-state index is 0.0197. The van der Waals surface area contributed by atoms with Crippen LogP contribution in [0.3, 0.4) is 0 Å². The maximum atomic E-state index is 6.68. The van der Waals surface area contributed by atoms with Crippen molar-refractivity contribution in [1.29, 1.82) is 0 Å². The van der Waals surface area contributed by atoms with E-state index in [4.69, 9.17) is 9.47 Å². The van der Waals surface area contributed by atoms with Crippen LogP contribution in [-0.4, -0.2) is 24.4 Å². The molecule has 12 unspecified atom stereocenters. The minimum atomic E-state index is 0.0197. The Labute approximate surface area is 325 Å². The van der Waals surface area contributed by atoms with Crippen molar-refractivity contribution in [2.75, 3.05) is 0 Å². The van der Waals surface area contributed by atoms with E-state index < -0.39 is 0 Å². The summed E-state index contributed by atoms with van der Waals surface area (Å²) >= 11 is 0. The van der Waals surface area contributed by atoms with Gasteiger partial charge >= 0.3 is 0 Å². The predicted octanol–water partition coefficient (Wildman–Crippen LogP) is 10.2. The van der Waals surface area contributed by atoms with Gasteiger partial charge in [0, 0.05) is 63.8 Å². The van der Waals surface area contributed by atoms with Crippen molar-refractivity contribution in [3.63, 3.8) is 0 Å². The molecule has 0 aromatic heterocycles. The highest BCUT2D eigenvalue weighted by molar-refractivity contribution is 5.74. The SMILES string of the molecule is CC1(C)c2ccccc2OC2C=C(C3C=C(C4C5NC(C6=CCCC=C6)NC(c6ccc(-c7cccc8c7OC7C=CC9CC9C87)cc6)C54)C=CC3)C=CC21. The van der Waals surface area contributed by atoms with Crippen LogP contribution in [0, 0.1) is 35.5 Å². The van der Waals surface area contributed by atoms with Gasteiger partial charge in [-0.15, -0.1) is 0 Å². The third kappa shape index (κ3) is 5.17. The van der Waals surface area contributed by atoms with E-state index in [9.17, 15) is 0 Å². The first-order valence-corrected chi connectivity index (χ1v) is 21.0. The van der Waals surface area contributed by atoms with Gasteiger partial charge in [0.05, 0.1) is 6.17 Å². The van der Waals surface area contributed by atoms with Crippen molar-refractivity contribution in [1.82, 2.24) is 10.6 Å². The van der Waals surface area contributed by atoms with Crippen LogP contribution < -0.4 is 20.1 Å². The van der Waals surface area contributed by atoms with Crippen LogP contribution >= 0.6 is 0 Å². The van der Waals surface area contributed by atoms with Crippen LogP contribution in [-0.2, 0) is 5.41 Å². The Morgan fingerprint density at radius 1 is 0.727 bits per heavy atom. The molecule has 3 heterocycles. The second kappa shape index (κ2) is 12.2. The molecule has 4 nitrogen and oxygen atoms in total. The average Bonchev–Trinajstić information content (AvgIpc) is 4.14. The fourth-order valence-electron chi connectivity index (χ4n) is 11.7. The zero-order valence-electron chi connectivity index (χ0n) is 31.8. The Morgan fingerprint density at radius 3 is 2.51 bits per heavy atom. The van der Waals surface area contributed by atoms with Crippen LogP contribution in [0.2, 0.25) is 0 Å². The number of para-hydroxylation sites is 2. The second-order valence-electron chi connectivity index (χ2n) is 18.2. The highest BCUT2D eigenvalue weighted by Crippen LogP contribution is 2.60. The van der Waals surface area contributed by atoms with Crippen molar-refractivity contribution >= 4 is 0 Å². The van der Waals surface area contributed by atoms with Crippen LogP contribution in [0.4, 0.5) is 0 Å². The molecule has 3 aromatic carbocycles. The molecule has 3 fully saturated rings. The molecule has 2 N–H and O–H groups in total. The Morgan fingerprint density at radius 2 is 1.62 bits per heavy atom. The number of hydrogen-bond donors (Lipinski definition) is 2. The summed E-state index contributed by atoms with van der Waals surface area (Å²) in [5.74, 6) is 5.78. The van der Waals surface area contributed by atoms with Gasteiger partial charge in [0.15, 0.2) is 0 Å². The average molecular weight is 723 g/mol. The molecule has 0 bridgehead atoms. The van der Waals surface area contributed by atoms with Crippen molar-refractivity contribution in [3.05, 3.63) is 167 Å². The third-order valence-corrected chi connectivity index (χ3v) is 14.8. The van der Waals surface area contributed by atoms with Crippen molar-refractivity contribution in [2.24, 2.45) is 35.5 Å². The normalized spacial score (nSPS) is 37.7. The zero-order chi connectivity index (χ0) is 36.4. The second-order valence-corrected chi connectivity index (χ2v) is 18.2. The van der Waals surface area contributed by atoms with E-state index >= 15 is 0 Å². The summed E-state index contributed by atoms with van der Waals surface area (Å²) in [6, 6.07) is 25.6. The molecule has 12 rings (SSSR count). The molecule has 0 radical (unpaired) electrons. The van der Waals surface area contributed by atoms with Crippen molar-refractivity contribution in [2.45, 2.75) is 81.3 Å². The Kier molecular flexibility index (Phi) is 7.22. The molecule has 3 aromatic rings. The molecule has 0 spiro atoms. The highest BCUT2D eigenvalue weighted by atomic mass is 16.5. The number of hydrogen-bond acceptors (Lipinski definition) is 4. The van der Waals surface area contributed by atoms with Gasteiger partial charge in [-0.2, -0.15) is 0 Å². The summed E-state index contributed by atoms with van der Waals surface area (Å²) in [4.78, 5) is 0. The van der Waals surface area contributed by atoms with Gasteiger partial charge in [-0.1, -0.05) is 129 Å². The molecule has 55 heavy (non-hydrogen) atoms. The lowest BCUT2D eigenvalue weighted by Gasteiger charge is -2.44. The van der Waals surface area contributed by atoms with E-state index in [0.29, 0.717) is 35.6 Å². The topological polar surface area (TPSA) is 42.5 Å². The van der Waals surface area contributed by atoms with Crippen molar-refractivity contribution in [3.8, 4) is 22.6 Å². The standard InChI is InChI=1S/C51H50N2O2/c1-51(2)39-16-6-7-17-41(39)54-43-28-33(22-24-40(43)51)32-12-8-13-35(26-32)44-46-47(52-50(53-48(44)46)31-10-4-3-5-11-31)30-20-18-29(19-21-30)36-14-9-15-37-45-38-27-34(38)23-25-42(45)55-49(36)37/h4,6-11,13-26,28,32,34,38,40,42-48,50,52-53H,3,5,12,27H2,1-2H3. The van der Waals surface area contributed by atoms with Crippen LogP contribution in [0.1, 0.15) is 68.2 Å². The van der Waals surface area contributed by atoms with Gasteiger partial charge in [-0.3, -0.25) is 10.6 Å². The quantitative estimate of drug-likeness (QED) is 0.258. The van der Waals surface area contributed by atoms with E-state index in [0.717, 1.165) is 42.6 Å². The zero-order valence-corrected chi connectivity index (χ0v) is 31.8. The molecule has 276 valence electrons. The summed E-state index contributed by atoms with van der Waals surface area (Å²) in [6.07, 6.45) is 31.5. The lowest BCUT2D eigenvalue weighted by Crippen LogP contribution is -2.51. The fraction of sp³-hybridized carbons (Fsp3) is 0.373. The molecule has 0 amide bonds. The number of allylic oxidation sites excluding steroid dienone is 8. The largest absolute Gasteiger partial charge is 0.485 e. The monoisotopic (exact) mass is 722 g/mol. The molecule has 2 saturated carbocycles. The Hall–Kier alpha value is -4.64. The molecule has 1 saturated heterocycles. The van der Waals surface area contributed by atoms with E-state index in [-0.39, 0.29) is 29.8 Å². The first-order chi connectivity index (χ1) is 27.0. The van der Waals surface area contributed by atoms with Crippen molar-refractivity contribution < 1.29 is 9.47 Å². The Bertz CT molecular complexity index is 2300. The first-order valence-electron chi connectivity index (χ1n) is 21.0. The minimum Gasteiger partial charge on any atom is -0.485 e. The van der Waals surface area contributed by atoms with Gasteiger partial charge in [0.2, 0.25) is 0 Å². The van der Waals surface area contributed by atoms with E-state index in [1.54, 1.807) is 0 Å². The molecule has 4 heteroatoms. The summed E-state index contributed by atoms with van der Waals surface area (Å²) in [5, 5.41) is 8.19. The molecule has 9 aliphatic rings. The number of benzene rings is 3. The van der Waals surface area contributed by atoms with Crippen LogP contribution in [0.15, 0.2) is 150 Å². The van der Waals surface area contributed by atoms with E-state index in [2.05, 4.69) is 158 Å². The molecule has 3 aliphatic heterocycles. The lowest BCUT2D eigenvalue weighted by atomic mass is 9.66. The third-order valence-electron chi connectivity index (χ3n) is 14.8. The van der Waals surface area contributed by atoms with Gasteiger partial charge in [0.1, 0.15) is 23.7 Å². The number of rotatable bonds is 5. The Balaban J connectivity index is 0.831. The fourth-order valence-corrected chi connectivity index (χ4v) is 11.7. The summed E-state index contributed by atoms with van der Waals surface area (Å²) in [7, 11) is 0. The number of ether oxygens (including phenoxy) is 2. The smallest absolute Gasteiger partial charge is 0.131 e. The van der Waals surface area contributed by atoms with Crippen LogP contribution in [0.5, 0.6) is 11.5 Å². The lowest BCUT2D eigenvalue weighted by molar-refractivity contribution is 0.121. The van der Waals surface area contributed by atoms with Crippen LogP contribution in [0.25, 0.3) is 11.1 Å². The molecular formula is C51H50N2O2. The number of nitrogens with one attached hydrogen (secondary N) is 2. The maximum Gasteiger partial charge on any atom is 0.131 e. The summed E-state index contributed by atoms with van der Waals surface area (Å²) in [6.45, 7) is 4.74. The molecule has 6 aliphatic carbocycles. The summed E-state index contributed by atoms with van der Waals surface area (Å²) in [5.41, 5.74) is 10.8. The van der Waals surface area contributed by atoms with Gasteiger partial charge in [-0.25, -0.2) is 0 Å². The highest BCUT2D eigenvalue weighted by Gasteiger charge is 2.59. The van der Waals surface area contributed by atoms with E-state index in [1.807, 2.05) is 0 Å². The van der Waals surface area contributed by atoms with Gasteiger partial charge in [0.25, 0.3) is 0 Å². The van der Waals surface area contributed by atoms with E-state index in [1.165, 1.54) is 51.0 Å². The van der Waals surface area contributed by atoms with Gasteiger partial charge < -0.3 is 9.47 Å². The summed E-state index contributed by atoms with van der Waals surface area (Å²) < 4.78 is 13.4. The molecular weight excluding hydrogens is 673 g/mol. The number of fused-ring (bicyclic) bond motifs is 8. The molecule has 12 atom stereocenters.